The zero-order valence-electron chi connectivity index (χ0n) is 10.2. The third kappa shape index (κ3) is 2.16. The molecule has 0 heterocycles. The van der Waals surface area contributed by atoms with Gasteiger partial charge in [-0.05, 0) is 49.1 Å². The molecule has 0 aromatic heterocycles. The molecule has 0 bridgehead atoms. The summed E-state index contributed by atoms with van der Waals surface area (Å²) in [5.74, 6) is 0. The van der Waals surface area contributed by atoms with Crippen LogP contribution >= 0.6 is 0 Å². The molecule has 0 heteroatoms. The van der Waals surface area contributed by atoms with Crippen LogP contribution in [0.4, 0.5) is 0 Å². The van der Waals surface area contributed by atoms with Crippen molar-refractivity contribution in [3.63, 3.8) is 0 Å². The summed E-state index contributed by atoms with van der Waals surface area (Å²) in [7, 11) is 0. The number of rotatable bonds is 2. The molecule has 0 aliphatic rings. The Kier molecular flexibility index (Phi) is 3.09. The van der Waals surface area contributed by atoms with Gasteiger partial charge in [0.2, 0.25) is 0 Å². The lowest BCUT2D eigenvalue weighted by atomic mass is 9.98. The molecule has 0 aliphatic heterocycles. The Labute approximate surface area is 97.6 Å². The van der Waals surface area contributed by atoms with E-state index in [1.165, 1.54) is 27.5 Å². The summed E-state index contributed by atoms with van der Waals surface area (Å²) < 4.78 is 0. The van der Waals surface area contributed by atoms with E-state index >= 15 is 0 Å². The lowest BCUT2D eigenvalue weighted by molar-refractivity contribution is 1.19. The number of benzene rings is 2. The molecule has 2 aromatic carbocycles. The van der Waals surface area contributed by atoms with Gasteiger partial charge in [-0.1, -0.05) is 48.0 Å². The average molecular weight is 210 g/mol. The fourth-order valence-corrected chi connectivity index (χ4v) is 2.01. The van der Waals surface area contributed by atoms with Gasteiger partial charge in [-0.15, -0.1) is 0 Å². The molecule has 0 fully saturated rings. The molecule has 2 aromatic rings. The molecule has 0 spiro atoms. The average Bonchev–Trinajstić information content (AvgIpc) is 2.28. The largest absolute Gasteiger partial charge is 0.0815 e. The van der Waals surface area contributed by atoms with Crippen molar-refractivity contribution < 1.29 is 0 Å². The fraction of sp³-hybridized carbons (Fsp3) is 0.250. The van der Waals surface area contributed by atoms with Crippen molar-refractivity contribution in [2.45, 2.75) is 27.2 Å². The first-order valence-electron chi connectivity index (χ1n) is 5.79. The quantitative estimate of drug-likeness (QED) is 0.632. The summed E-state index contributed by atoms with van der Waals surface area (Å²) in [6, 6.07) is 13.1. The van der Waals surface area contributed by atoms with Gasteiger partial charge in [0.1, 0.15) is 0 Å². The molecule has 0 saturated heterocycles. The smallest absolute Gasteiger partial charge is 0.00921 e. The SMILES string of the molecule is CC(C)=CCc1ccc2ccccc2c1C. The highest BCUT2D eigenvalue weighted by Crippen LogP contribution is 2.22. The van der Waals surface area contributed by atoms with Gasteiger partial charge < -0.3 is 0 Å². The predicted octanol–water partition coefficient (Wildman–Crippen LogP) is 4.66. The van der Waals surface area contributed by atoms with Crippen molar-refractivity contribution in [2.24, 2.45) is 0 Å². The van der Waals surface area contributed by atoms with E-state index in [0.29, 0.717) is 0 Å². The number of aryl methyl sites for hydroxylation is 1. The number of allylic oxidation sites excluding steroid dienone is 2. The van der Waals surface area contributed by atoms with Gasteiger partial charge in [-0.3, -0.25) is 0 Å². The molecule has 0 nitrogen and oxygen atoms in total. The second kappa shape index (κ2) is 4.52. The van der Waals surface area contributed by atoms with Crippen LogP contribution in [-0.4, -0.2) is 0 Å². The van der Waals surface area contributed by atoms with E-state index in [9.17, 15) is 0 Å². The molecule has 82 valence electrons. The minimum atomic E-state index is 1.04. The molecule has 0 unspecified atom stereocenters. The van der Waals surface area contributed by atoms with E-state index in [1.807, 2.05) is 0 Å². The highest BCUT2D eigenvalue weighted by atomic mass is 14.1. The molecule has 16 heavy (non-hydrogen) atoms. The Bertz CT molecular complexity index is 529. The van der Waals surface area contributed by atoms with Crippen LogP contribution in [0.5, 0.6) is 0 Å². The molecule has 0 N–H and O–H groups in total. The van der Waals surface area contributed by atoms with Crippen molar-refractivity contribution in [2.75, 3.05) is 0 Å². The maximum absolute atomic E-state index is 2.29. The summed E-state index contributed by atoms with van der Waals surface area (Å²) in [5, 5.41) is 2.71. The summed E-state index contributed by atoms with van der Waals surface area (Å²) >= 11 is 0. The van der Waals surface area contributed by atoms with E-state index in [-0.39, 0.29) is 0 Å². The van der Waals surface area contributed by atoms with Gasteiger partial charge >= 0.3 is 0 Å². The Morgan fingerprint density at radius 3 is 2.56 bits per heavy atom. The van der Waals surface area contributed by atoms with Crippen LogP contribution in [0.2, 0.25) is 0 Å². The maximum atomic E-state index is 2.29. The fourth-order valence-electron chi connectivity index (χ4n) is 2.01. The monoisotopic (exact) mass is 210 g/mol. The van der Waals surface area contributed by atoms with E-state index in [4.69, 9.17) is 0 Å². The molecule has 0 aliphatic carbocycles. The summed E-state index contributed by atoms with van der Waals surface area (Å²) in [6.45, 7) is 6.52. The maximum Gasteiger partial charge on any atom is -0.00921 e. The Hall–Kier alpha value is -1.56. The molecule has 0 atom stereocenters. The minimum absolute atomic E-state index is 1.04. The lowest BCUT2D eigenvalue weighted by Crippen LogP contribution is -1.89. The summed E-state index contributed by atoms with van der Waals surface area (Å²) in [6.07, 6.45) is 3.33. The van der Waals surface area contributed by atoms with E-state index in [0.717, 1.165) is 6.42 Å². The minimum Gasteiger partial charge on any atom is -0.0815 e. The zero-order chi connectivity index (χ0) is 11.5. The van der Waals surface area contributed by atoms with Crippen LogP contribution in [0.1, 0.15) is 25.0 Å². The second-order valence-corrected chi connectivity index (χ2v) is 4.56. The predicted molar refractivity (Wildman–Crippen MR) is 71.8 cm³/mol. The third-order valence-corrected chi connectivity index (χ3v) is 3.04. The highest BCUT2D eigenvalue weighted by Gasteiger charge is 2.01. The number of fused-ring (bicyclic) bond motifs is 1. The van der Waals surface area contributed by atoms with Crippen molar-refractivity contribution in [3.05, 3.63) is 59.2 Å². The van der Waals surface area contributed by atoms with E-state index < -0.39 is 0 Å². The molecule has 0 amide bonds. The lowest BCUT2D eigenvalue weighted by Gasteiger charge is -2.07. The van der Waals surface area contributed by atoms with Crippen LogP contribution < -0.4 is 0 Å². The van der Waals surface area contributed by atoms with Crippen LogP contribution in [0.3, 0.4) is 0 Å². The number of hydrogen-bond acceptors (Lipinski definition) is 0. The van der Waals surface area contributed by atoms with Gasteiger partial charge in [0.05, 0.1) is 0 Å². The van der Waals surface area contributed by atoms with Crippen LogP contribution in [0.15, 0.2) is 48.0 Å². The topological polar surface area (TPSA) is 0 Å². The van der Waals surface area contributed by atoms with Gasteiger partial charge in [0, 0.05) is 0 Å². The highest BCUT2D eigenvalue weighted by molar-refractivity contribution is 5.86. The molecular weight excluding hydrogens is 192 g/mol. The van der Waals surface area contributed by atoms with Gasteiger partial charge in [-0.2, -0.15) is 0 Å². The molecule has 0 saturated carbocycles. The van der Waals surface area contributed by atoms with E-state index in [1.54, 1.807) is 0 Å². The summed E-state index contributed by atoms with van der Waals surface area (Å²) in [5.41, 5.74) is 4.23. The standard InChI is InChI=1S/C16H18/c1-12(2)8-9-14-10-11-15-6-4-5-7-16(15)13(14)3/h4-8,10-11H,9H2,1-3H3. The van der Waals surface area contributed by atoms with Crippen molar-refractivity contribution in [1.82, 2.24) is 0 Å². The number of hydrogen-bond donors (Lipinski definition) is 0. The van der Waals surface area contributed by atoms with E-state index in [2.05, 4.69) is 63.2 Å². The normalized spacial score (nSPS) is 10.4. The van der Waals surface area contributed by atoms with Crippen LogP contribution in [0.25, 0.3) is 10.8 Å². The zero-order valence-corrected chi connectivity index (χ0v) is 10.2. The summed E-state index contributed by atoms with van der Waals surface area (Å²) in [4.78, 5) is 0. The van der Waals surface area contributed by atoms with Crippen LogP contribution in [-0.2, 0) is 6.42 Å². The van der Waals surface area contributed by atoms with Gasteiger partial charge in [0.25, 0.3) is 0 Å². The molecule has 0 radical (unpaired) electrons. The molecule has 2 rings (SSSR count). The van der Waals surface area contributed by atoms with Crippen LogP contribution in [0, 0.1) is 6.92 Å². The Morgan fingerprint density at radius 2 is 1.81 bits per heavy atom. The molecular formula is C16H18. The van der Waals surface area contributed by atoms with Gasteiger partial charge in [-0.25, -0.2) is 0 Å². The third-order valence-electron chi connectivity index (χ3n) is 3.04. The Morgan fingerprint density at radius 1 is 1.06 bits per heavy atom. The van der Waals surface area contributed by atoms with Crippen molar-refractivity contribution in [1.29, 1.82) is 0 Å². The van der Waals surface area contributed by atoms with Crippen molar-refractivity contribution >= 4 is 10.8 Å². The second-order valence-electron chi connectivity index (χ2n) is 4.56. The first-order valence-corrected chi connectivity index (χ1v) is 5.79. The first kappa shape index (κ1) is 10.9. The van der Waals surface area contributed by atoms with Crippen molar-refractivity contribution in [3.8, 4) is 0 Å². The van der Waals surface area contributed by atoms with Gasteiger partial charge in [0.15, 0.2) is 0 Å². The first-order chi connectivity index (χ1) is 7.68. The Balaban J connectivity index is 2.48.